The Hall–Kier alpha value is -8.14. The number of benzene rings is 3. The van der Waals surface area contributed by atoms with E-state index in [0.717, 1.165) is 49.4 Å². The molecule has 1 aromatic heterocycles. The summed E-state index contributed by atoms with van der Waals surface area (Å²) < 4.78 is 149. The number of non-ortho nitro benzene ring substituents is 1. The first-order valence-corrected chi connectivity index (χ1v) is 32.0. The number of nitrogens with one attached hydrogen (secondary N) is 3. The van der Waals surface area contributed by atoms with E-state index >= 15 is 0 Å². The first-order valence-electron chi connectivity index (χ1n) is 27.5. The molecule has 6 aliphatic rings. The van der Waals surface area contributed by atoms with E-state index in [0.29, 0.717) is 50.6 Å². The summed E-state index contributed by atoms with van der Waals surface area (Å²) in [5.41, 5.74) is 5.89. The lowest BCUT2D eigenvalue weighted by Gasteiger charge is -2.40. The zero-order valence-corrected chi connectivity index (χ0v) is 52.3. The van der Waals surface area contributed by atoms with Gasteiger partial charge in [0.15, 0.2) is 0 Å². The number of rotatable bonds is 6. The monoisotopic (exact) mass is 1330 g/mol. The molecule has 3 radical (unpaired) electrons. The first-order chi connectivity index (χ1) is 40.8. The van der Waals surface area contributed by atoms with Gasteiger partial charge in [-0.1, -0.05) is 14.9 Å². The minimum atomic E-state index is -4.04. The van der Waals surface area contributed by atoms with Crippen molar-refractivity contribution in [1.29, 1.82) is 0 Å². The summed E-state index contributed by atoms with van der Waals surface area (Å²) in [6.07, 6.45) is 2.30. The topological polar surface area (TPSA) is 363 Å². The maximum absolute atomic E-state index is 14.9. The average Bonchev–Trinajstić information content (AvgIpc) is 1.70. The van der Waals surface area contributed by atoms with Crippen LogP contribution in [0.2, 0.25) is 0 Å². The Balaban J connectivity index is 0.000000244. The number of nitro benzene ring substituents is 1. The molecule has 3 fully saturated rings. The minimum Gasteiger partial charge on any atom is -0.444 e. The maximum atomic E-state index is 14.9. The van der Waals surface area contributed by atoms with E-state index < -0.39 is 120 Å². The SMILES string of the molecule is C.C.CN1C(N)=N[C@@]2(c3cc(NC(=O)c4ccc(F)cn4)ccc3F)CCC[C@H]2S1(=O)=O.CN1C(NC(=O)OC(C)(C)C)=N[C@@]2(c3cc(N)ccc3F)CCC[C@H]2S1(=O)=O.CN1C(NC(=O)OC(C)(C)C)=N[C@@]2(c3cc([N+](=O)[O-])ccc3F)CCC[C@H]2S1(=O)=O.[B]. The molecule has 0 unspecified atom stereocenters. The lowest BCUT2D eigenvalue weighted by Crippen LogP contribution is -2.57. The number of carbonyl (C=O) groups is 3. The highest BCUT2D eigenvalue weighted by Gasteiger charge is 2.60. The molecule has 0 saturated heterocycles. The number of sulfonamides is 3. The highest BCUT2D eigenvalue weighted by molar-refractivity contribution is 7.91. The second-order valence-corrected chi connectivity index (χ2v) is 30.2. The van der Waals surface area contributed by atoms with Crippen LogP contribution in [0, 0.1) is 33.4 Å². The Morgan fingerprint density at radius 3 is 1.44 bits per heavy atom. The van der Waals surface area contributed by atoms with Crippen molar-refractivity contribution in [3.8, 4) is 0 Å². The molecule has 26 nitrogen and oxygen atoms in total. The largest absolute Gasteiger partial charge is 0.444 e. The molecule has 0 spiro atoms. The van der Waals surface area contributed by atoms with Gasteiger partial charge in [-0.15, -0.1) is 0 Å². The Bertz CT molecular complexity index is 3930. The van der Waals surface area contributed by atoms with E-state index in [-0.39, 0.29) is 87.7 Å². The van der Waals surface area contributed by atoms with E-state index in [1.807, 2.05) is 0 Å². The quantitative estimate of drug-likeness (QED) is 0.0404. The molecule has 6 atom stereocenters. The Morgan fingerprint density at radius 1 is 0.604 bits per heavy atom. The van der Waals surface area contributed by atoms with Crippen LogP contribution in [-0.4, -0.2) is 141 Å². The van der Waals surface area contributed by atoms with Gasteiger partial charge in [0, 0.05) is 69.8 Å². The number of guanidine groups is 3. The number of aliphatic imine (C=N–C) groups is 3. The molecule has 3 aromatic carbocycles. The minimum absolute atomic E-state index is 0. The van der Waals surface area contributed by atoms with Gasteiger partial charge in [0.05, 0.1) is 11.1 Å². The predicted octanol–water partition coefficient (Wildman–Crippen LogP) is 7.79. The third-order valence-corrected chi connectivity index (χ3v) is 22.6. The lowest BCUT2D eigenvalue weighted by atomic mass is 9.87. The number of nitro groups is 1. The number of nitrogen functional groups attached to an aromatic ring is 1. The highest BCUT2D eigenvalue weighted by atomic mass is 32.2. The third kappa shape index (κ3) is 14.3. The predicted molar refractivity (Wildman–Crippen MR) is 335 cm³/mol. The van der Waals surface area contributed by atoms with Crippen LogP contribution in [0.5, 0.6) is 0 Å². The van der Waals surface area contributed by atoms with E-state index in [4.69, 9.17) is 20.9 Å². The van der Waals surface area contributed by atoms with Crippen molar-refractivity contribution in [2.24, 2.45) is 20.7 Å². The van der Waals surface area contributed by atoms with E-state index in [2.05, 4.69) is 35.9 Å². The number of amides is 3. The summed E-state index contributed by atoms with van der Waals surface area (Å²) in [4.78, 5) is 64.4. The van der Waals surface area contributed by atoms with Gasteiger partial charge in [-0.25, -0.2) is 85.3 Å². The number of anilines is 2. The van der Waals surface area contributed by atoms with E-state index in [9.17, 15) is 67.3 Å². The highest BCUT2D eigenvalue weighted by Crippen LogP contribution is 2.53. The molecule has 91 heavy (non-hydrogen) atoms. The number of nitrogens with two attached hydrogens (primary N) is 2. The van der Waals surface area contributed by atoms with E-state index in [1.54, 1.807) is 41.5 Å². The van der Waals surface area contributed by atoms with Crippen molar-refractivity contribution >= 4 is 91.5 Å². The van der Waals surface area contributed by atoms with Gasteiger partial charge in [-0.2, -0.15) is 0 Å². The number of nitrogens with zero attached hydrogens (tertiary/aromatic N) is 8. The van der Waals surface area contributed by atoms with Crippen molar-refractivity contribution in [1.82, 2.24) is 28.5 Å². The number of halogens is 4. The van der Waals surface area contributed by atoms with Crippen LogP contribution in [0.3, 0.4) is 0 Å². The maximum Gasteiger partial charge on any atom is 0.414 e. The van der Waals surface area contributed by atoms with Gasteiger partial charge >= 0.3 is 12.2 Å². The number of aromatic nitrogens is 1. The number of carbonyl (C=O) groups excluding carboxylic acids is 3. The number of hydrogen-bond donors (Lipinski definition) is 5. The van der Waals surface area contributed by atoms with Crippen LogP contribution >= 0.6 is 0 Å². The van der Waals surface area contributed by atoms with Crippen molar-refractivity contribution in [3.05, 3.63) is 129 Å². The molecule has 4 heterocycles. The Labute approximate surface area is 528 Å². The molecular weight excluding hydrogens is 1260 g/mol. The zero-order valence-electron chi connectivity index (χ0n) is 49.9. The fraction of sp³-hybridized carbons (Fsp3) is 0.491. The summed E-state index contributed by atoms with van der Waals surface area (Å²) in [5.74, 6) is -3.96. The van der Waals surface area contributed by atoms with Gasteiger partial charge in [0.2, 0.25) is 47.9 Å². The summed E-state index contributed by atoms with van der Waals surface area (Å²) >= 11 is 0. The fourth-order valence-corrected chi connectivity index (χ4v) is 17.6. The number of pyridine rings is 1. The molecule has 495 valence electrons. The number of alkyl carbamates (subject to hydrolysis) is 2. The molecular formula is C57H75BF4N13O13S3. The third-order valence-electron chi connectivity index (χ3n) is 15.7. The molecule has 3 aliphatic heterocycles. The van der Waals surface area contributed by atoms with Crippen molar-refractivity contribution < 1.29 is 71.6 Å². The summed E-state index contributed by atoms with van der Waals surface area (Å²) in [7, 11) is -7.88. The van der Waals surface area contributed by atoms with Gasteiger partial charge in [0.1, 0.15) is 72.5 Å². The summed E-state index contributed by atoms with van der Waals surface area (Å²) in [6, 6.07) is 13.2. The van der Waals surface area contributed by atoms with Crippen LogP contribution in [-0.2, 0) is 56.2 Å². The van der Waals surface area contributed by atoms with Gasteiger partial charge < -0.3 is 26.3 Å². The molecule has 3 amide bonds. The fourth-order valence-electron chi connectivity index (χ4n) is 11.8. The number of ether oxygens (including phenoxy) is 2. The van der Waals surface area contributed by atoms with Gasteiger partial charge in [-0.05, 0) is 154 Å². The summed E-state index contributed by atoms with van der Waals surface area (Å²) in [5, 5.41) is 15.5. The van der Waals surface area contributed by atoms with Gasteiger partial charge in [-0.3, -0.25) is 25.5 Å². The molecule has 3 saturated carbocycles. The second-order valence-electron chi connectivity index (χ2n) is 23.7. The number of hydrogen-bond acceptors (Lipinski definition) is 19. The Kier molecular flexibility index (Phi) is 21.5. The lowest BCUT2D eigenvalue weighted by molar-refractivity contribution is -0.385. The summed E-state index contributed by atoms with van der Waals surface area (Å²) in [6.45, 7) is 9.99. The molecule has 34 heteroatoms. The normalized spacial score (nSPS) is 24.6. The van der Waals surface area contributed by atoms with Crippen molar-refractivity contribution in [2.45, 2.75) is 158 Å². The molecule has 7 N–H and O–H groups in total. The van der Waals surface area contributed by atoms with Crippen molar-refractivity contribution in [3.63, 3.8) is 0 Å². The molecule has 4 aromatic rings. The molecule has 0 bridgehead atoms. The smallest absolute Gasteiger partial charge is 0.414 e. The van der Waals surface area contributed by atoms with Crippen LogP contribution in [0.4, 0.5) is 44.2 Å². The molecule has 3 aliphatic carbocycles. The molecule has 10 rings (SSSR count). The second kappa shape index (κ2) is 26.6. The van der Waals surface area contributed by atoms with Crippen LogP contribution < -0.4 is 27.4 Å². The number of fused-ring (bicyclic) bond motifs is 3. The Morgan fingerprint density at radius 2 is 1.01 bits per heavy atom. The standard InChI is InChI=1S/C19H19F2N5O3S.C18H23FN4O6S.C18H25FN4O4S.2CH4.B/c1-26-18(22)25-19(8-2-3-16(19)30(26,28)29)13-9-12(5-6-14(13)21)24-17(27)15-7-4-11(20)10-23-15;1-17(2,3)29-16(24)20-15-21-18(9-5-6-14(18)30(27,28)22(15)4)12-10-11(23(25)26)7-8-13(12)19;1-17(2,3)27-16(24)21-15-22-18(12-10-11(20)7-8-13(12)19)9-5-6-14(18)28(25,26)23(15)4;;;/h4-7,9-10,16H,2-3,8H2,1H3,(H2,22,25)(H,24,27);7-8,10,14H,5-6,9H2,1-4H3,(H,20,21,24);7-8,10,14H,5-6,9,20H2,1-4H3,(H,21,22,24);2*1H4;/t16-,19-;2*14-,18-;;;/m111.../s1. The first kappa shape index (κ1) is 73.6. The van der Waals surface area contributed by atoms with Gasteiger partial charge in [0.25, 0.3) is 11.6 Å². The average molecular weight is 1330 g/mol. The zero-order chi connectivity index (χ0) is 65.1. The van der Waals surface area contributed by atoms with E-state index in [1.165, 1.54) is 57.5 Å². The van der Waals surface area contributed by atoms with Crippen molar-refractivity contribution in [2.75, 3.05) is 32.2 Å². The van der Waals surface area contributed by atoms with Crippen LogP contribution in [0.1, 0.15) is 141 Å². The van der Waals surface area contributed by atoms with Crippen LogP contribution in [0.15, 0.2) is 87.9 Å². The van der Waals surface area contributed by atoms with Crippen LogP contribution in [0.25, 0.3) is 0 Å².